The van der Waals surface area contributed by atoms with E-state index in [1.165, 1.54) is 12.5 Å². The van der Waals surface area contributed by atoms with Crippen LogP contribution in [0.15, 0.2) is 0 Å². The van der Waals surface area contributed by atoms with Crippen molar-refractivity contribution in [3.63, 3.8) is 0 Å². The van der Waals surface area contributed by atoms with E-state index in [-0.39, 0.29) is 0 Å². The molecule has 0 aromatic rings. The largest absolute Gasteiger partial charge is 0.418 e. The minimum atomic E-state index is -1.40. The lowest BCUT2D eigenvalue weighted by atomic mass is 10.1. The molecular weight excluding hydrogens is 232 g/mol. The van der Waals surface area contributed by atoms with Crippen LogP contribution in [0.3, 0.4) is 0 Å². The normalized spacial score (nSPS) is 21.5. The summed E-state index contributed by atoms with van der Waals surface area (Å²) in [7, 11) is -1.40. The maximum atomic E-state index is 5.86. The second-order valence-corrected chi connectivity index (χ2v) is 9.89. The van der Waals surface area contributed by atoms with Gasteiger partial charge in [0.25, 0.3) is 0 Å². The van der Waals surface area contributed by atoms with Gasteiger partial charge in [-0.25, -0.2) is 0 Å². The molecule has 0 aromatic heterocycles. The van der Waals surface area contributed by atoms with Crippen LogP contribution in [0.25, 0.3) is 0 Å². The van der Waals surface area contributed by atoms with E-state index in [1.54, 1.807) is 0 Å². The molecule has 1 aliphatic heterocycles. The van der Waals surface area contributed by atoms with Crippen LogP contribution < -0.4 is 0 Å². The minimum absolute atomic E-state index is 0.400. The molecule has 1 saturated heterocycles. The average molecular weight is 260 g/mol. The van der Waals surface area contributed by atoms with Crippen LogP contribution in [0.5, 0.6) is 0 Å². The van der Waals surface area contributed by atoms with Crippen molar-refractivity contribution in [3.05, 3.63) is 0 Å². The fourth-order valence-corrected chi connectivity index (χ4v) is 5.09. The molecule has 2 atom stereocenters. The SMILES string of the molecule is CCO[Si](C)(C)CC(C)CCCOCC1CO1. The molecule has 17 heavy (non-hydrogen) atoms. The van der Waals surface area contributed by atoms with E-state index >= 15 is 0 Å². The molecular formula is C13H28O3Si. The fourth-order valence-electron chi connectivity index (χ4n) is 2.30. The second-order valence-electron chi connectivity index (χ2n) is 5.67. The highest BCUT2D eigenvalue weighted by atomic mass is 28.4. The Morgan fingerprint density at radius 2 is 2.12 bits per heavy atom. The standard InChI is InChI=1S/C13H28O3Si/c1-5-16-17(3,4)11-12(2)7-6-8-14-9-13-10-15-13/h12-13H,5-11H2,1-4H3. The summed E-state index contributed by atoms with van der Waals surface area (Å²) in [5.74, 6) is 0.754. The Morgan fingerprint density at radius 3 is 2.71 bits per heavy atom. The van der Waals surface area contributed by atoms with Crippen LogP contribution in [0, 0.1) is 5.92 Å². The Balaban J connectivity index is 1.97. The summed E-state index contributed by atoms with van der Waals surface area (Å²) < 4.78 is 16.5. The summed E-state index contributed by atoms with van der Waals surface area (Å²) in [5.41, 5.74) is 0. The molecule has 3 nitrogen and oxygen atoms in total. The van der Waals surface area contributed by atoms with Gasteiger partial charge in [-0.05, 0) is 44.8 Å². The maximum Gasteiger partial charge on any atom is 0.186 e. The third kappa shape index (κ3) is 7.92. The summed E-state index contributed by atoms with van der Waals surface area (Å²) in [6.45, 7) is 12.5. The molecule has 102 valence electrons. The lowest BCUT2D eigenvalue weighted by Gasteiger charge is -2.25. The summed E-state index contributed by atoms with van der Waals surface area (Å²) in [6.07, 6.45) is 2.80. The molecule has 1 aliphatic rings. The van der Waals surface area contributed by atoms with Gasteiger partial charge in [0.2, 0.25) is 0 Å². The van der Waals surface area contributed by atoms with Crippen LogP contribution in [-0.4, -0.2) is 40.8 Å². The van der Waals surface area contributed by atoms with Crippen molar-refractivity contribution in [2.24, 2.45) is 5.92 Å². The number of hydrogen-bond donors (Lipinski definition) is 0. The highest BCUT2D eigenvalue weighted by Gasteiger charge is 2.24. The van der Waals surface area contributed by atoms with Crippen LogP contribution >= 0.6 is 0 Å². The number of epoxide rings is 1. The van der Waals surface area contributed by atoms with Crippen molar-refractivity contribution in [2.45, 2.75) is 51.9 Å². The van der Waals surface area contributed by atoms with Crippen molar-refractivity contribution in [3.8, 4) is 0 Å². The van der Waals surface area contributed by atoms with Crippen LogP contribution in [0.1, 0.15) is 26.7 Å². The Morgan fingerprint density at radius 1 is 1.41 bits per heavy atom. The molecule has 0 aromatic carbocycles. The smallest absolute Gasteiger partial charge is 0.186 e. The monoisotopic (exact) mass is 260 g/mol. The molecule has 0 saturated carbocycles. The molecule has 4 heteroatoms. The molecule has 2 unspecified atom stereocenters. The van der Waals surface area contributed by atoms with Crippen molar-refractivity contribution in [1.82, 2.24) is 0 Å². The predicted octanol–water partition coefficient (Wildman–Crippen LogP) is 3.06. The minimum Gasteiger partial charge on any atom is -0.418 e. The highest BCUT2D eigenvalue weighted by Crippen LogP contribution is 2.21. The third-order valence-electron chi connectivity index (χ3n) is 3.07. The topological polar surface area (TPSA) is 31.0 Å². The van der Waals surface area contributed by atoms with Gasteiger partial charge in [0, 0.05) is 13.2 Å². The zero-order valence-corrected chi connectivity index (χ0v) is 12.8. The molecule has 0 radical (unpaired) electrons. The first-order chi connectivity index (χ1) is 8.03. The van der Waals surface area contributed by atoms with Gasteiger partial charge in [0.15, 0.2) is 8.32 Å². The van der Waals surface area contributed by atoms with Crippen molar-refractivity contribution in [1.29, 1.82) is 0 Å². The highest BCUT2D eigenvalue weighted by molar-refractivity contribution is 6.71. The van der Waals surface area contributed by atoms with Gasteiger partial charge >= 0.3 is 0 Å². The third-order valence-corrected chi connectivity index (χ3v) is 5.82. The van der Waals surface area contributed by atoms with E-state index in [0.29, 0.717) is 6.10 Å². The van der Waals surface area contributed by atoms with Gasteiger partial charge in [-0.1, -0.05) is 6.92 Å². The molecule has 1 heterocycles. The predicted molar refractivity (Wildman–Crippen MR) is 72.9 cm³/mol. The molecule has 0 bridgehead atoms. The van der Waals surface area contributed by atoms with E-state index in [4.69, 9.17) is 13.9 Å². The zero-order chi connectivity index (χ0) is 12.7. The van der Waals surface area contributed by atoms with E-state index in [2.05, 4.69) is 26.9 Å². The zero-order valence-electron chi connectivity index (χ0n) is 11.8. The molecule has 1 fully saturated rings. The molecule has 0 spiro atoms. The summed E-state index contributed by atoms with van der Waals surface area (Å²) >= 11 is 0. The van der Waals surface area contributed by atoms with Crippen molar-refractivity contribution < 1.29 is 13.9 Å². The first-order valence-corrected chi connectivity index (χ1v) is 9.98. The van der Waals surface area contributed by atoms with E-state index in [0.717, 1.165) is 38.8 Å². The number of rotatable bonds is 10. The van der Waals surface area contributed by atoms with Crippen LogP contribution in [0.4, 0.5) is 0 Å². The first kappa shape index (κ1) is 15.2. The Kier molecular flexibility index (Phi) is 6.70. The Labute approximate surface area is 107 Å². The first-order valence-electron chi connectivity index (χ1n) is 6.87. The summed E-state index contributed by atoms with van der Waals surface area (Å²) in [5, 5.41) is 0. The molecule has 0 N–H and O–H groups in total. The van der Waals surface area contributed by atoms with Gasteiger partial charge < -0.3 is 13.9 Å². The second kappa shape index (κ2) is 7.51. The van der Waals surface area contributed by atoms with Crippen molar-refractivity contribution in [2.75, 3.05) is 26.4 Å². The number of hydrogen-bond acceptors (Lipinski definition) is 3. The van der Waals surface area contributed by atoms with Gasteiger partial charge in [-0.15, -0.1) is 0 Å². The molecule has 1 rings (SSSR count). The van der Waals surface area contributed by atoms with Gasteiger partial charge in [0.05, 0.1) is 13.2 Å². The van der Waals surface area contributed by atoms with Gasteiger partial charge in [0.1, 0.15) is 6.10 Å². The Hall–Kier alpha value is 0.0969. The van der Waals surface area contributed by atoms with Crippen LogP contribution in [-0.2, 0) is 13.9 Å². The molecule has 0 aliphatic carbocycles. The van der Waals surface area contributed by atoms with E-state index in [9.17, 15) is 0 Å². The van der Waals surface area contributed by atoms with E-state index in [1.807, 2.05) is 0 Å². The lowest BCUT2D eigenvalue weighted by Crippen LogP contribution is -2.32. The maximum absolute atomic E-state index is 5.86. The van der Waals surface area contributed by atoms with Crippen LogP contribution in [0.2, 0.25) is 19.1 Å². The quantitative estimate of drug-likeness (QED) is 0.344. The van der Waals surface area contributed by atoms with Gasteiger partial charge in [-0.3, -0.25) is 0 Å². The molecule has 0 amide bonds. The summed E-state index contributed by atoms with van der Waals surface area (Å²) in [4.78, 5) is 0. The Bertz CT molecular complexity index is 205. The fraction of sp³-hybridized carbons (Fsp3) is 1.00. The summed E-state index contributed by atoms with van der Waals surface area (Å²) in [6, 6.07) is 1.26. The van der Waals surface area contributed by atoms with E-state index < -0.39 is 8.32 Å². The van der Waals surface area contributed by atoms with Gasteiger partial charge in [-0.2, -0.15) is 0 Å². The average Bonchev–Trinajstić information content (AvgIpc) is 2.99. The lowest BCUT2D eigenvalue weighted by molar-refractivity contribution is 0.111. The van der Waals surface area contributed by atoms with Crippen molar-refractivity contribution >= 4 is 8.32 Å². The number of ether oxygens (including phenoxy) is 2.